The Labute approximate surface area is 139 Å². The van der Waals surface area contributed by atoms with Crippen LogP contribution in [-0.2, 0) is 11.2 Å². The third-order valence-electron chi connectivity index (χ3n) is 5.35. The number of amides is 1. The maximum atomic E-state index is 12.5. The van der Waals surface area contributed by atoms with Crippen molar-refractivity contribution in [3.63, 3.8) is 0 Å². The van der Waals surface area contributed by atoms with E-state index in [0.29, 0.717) is 11.8 Å². The standard InChI is InChI=1S/C19H29N3O/c23-19(16-18-4-1-2-5-18)22-12-3-11-21(14-15-22)13-8-17-6-9-20-10-7-17/h6-7,9-10,18H,1-5,8,11-16H2. The first-order valence-corrected chi connectivity index (χ1v) is 9.20. The van der Waals surface area contributed by atoms with E-state index in [-0.39, 0.29) is 0 Å². The molecule has 126 valence electrons. The van der Waals surface area contributed by atoms with Crippen molar-refractivity contribution >= 4 is 5.91 Å². The summed E-state index contributed by atoms with van der Waals surface area (Å²) in [5.41, 5.74) is 1.35. The van der Waals surface area contributed by atoms with Crippen LogP contribution in [0.4, 0.5) is 0 Å². The van der Waals surface area contributed by atoms with E-state index < -0.39 is 0 Å². The molecule has 2 fully saturated rings. The Bertz CT molecular complexity index is 485. The number of nitrogens with zero attached hydrogens (tertiary/aromatic N) is 3. The van der Waals surface area contributed by atoms with E-state index in [1.165, 1.54) is 31.2 Å². The predicted molar refractivity (Wildman–Crippen MR) is 92.2 cm³/mol. The third kappa shape index (κ3) is 5.03. The molecule has 1 aliphatic carbocycles. The monoisotopic (exact) mass is 315 g/mol. The average molecular weight is 315 g/mol. The van der Waals surface area contributed by atoms with Gasteiger partial charge in [-0.2, -0.15) is 0 Å². The highest BCUT2D eigenvalue weighted by molar-refractivity contribution is 5.76. The zero-order valence-corrected chi connectivity index (χ0v) is 14.1. The van der Waals surface area contributed by atoms with Crippen LogP contribution in [0.1, 0.15) is 44.1 Å². The molecule has 4 nitrogen and oxygen atoms in total. The summed E-state index contributed by atoms with van der Waals surface area (Å²) in [6.45, 7) is 5.05. The predicted octanol–water partition coefficient (Wildman–Crippen LogP) is 2.74. The molecule has 1 saturated carbocycles. The zero-order valence-electron chi connectivity index (χ0n) is 14.1. The molecule has 0 N–H and O–H groups in total. The van der Waals surface area contributed by atoms with Gasteiger partial charge in [-0.05, 0) is 55.8 Å². The Hall–Kier alpha value is -1.42. The summed E-state index contributed by atoms with van der Waals surface area (Å²) in [6, 6.07) is 4.19. The van der Waals surface area contributed by atoms with Crippen LogP contribution in [0.25, 0.3) is 0 Å². The minimum Gasteiger partial charge on any atom is -0.341 e. The summed E-state index contributed by atoms with van der Waals surface area (Å²) in [4.78, 5) is 21.2. The first-order chi connectivity index (χ1) is 11.3. The lowest BCUT2D eigenvalue weighted by Gasteiger charge is -2.23. The van der Waals surface area contributed by atoms with Gasteiger partial charge in [-0.1, -0.05) is 12.8 Å². The normalized spacial score (nSPS) is 20.6. The van der Waals surface area contributed by atoms with Crippen molar-refractivity contribution in [1.82, 2.24) is 14.8 Å². The van der Waals surface area contributed by atoms with Gasteiger partial charge in [0.25, 0.3) is 0 Å². The summed E-state index contributed by atoms with van der Waals surface area (Å²) in [6.07, 6.45) is 11.8. The summed E-state index contributed by atoms with van der Waals surface area (Å²) in [5, 5.41) is 0. The zero-order chi connectivity index (χ0) is 15.9. The van der Waals surface area contributed by atoms with Gasteiger partial charge in [0, 0.05) is 45.0 Å². The van der Waals surface area contributed by atoms with Gasteiger partial charge in [-0.3, -0.25) is 9.78 Å². The molecule has 0 bridgehead atoms. The molecule has 0 aromatic carbocycles. The second-order valence-corrected chi connectivity index (χ2v) is 7.04. The molecule has 1 aliphatic heterocycles. The Morgan fingerprint density at radius 2 is 1.83 bits per heavy atom. The number of aromatic nitrogens is 1. The van der Waals surface area contributed by atoms with Gasteiger partial charge in [0.15, 0.2) is 0 Å². The number of hydrogen-bond donors (Lipinski definition) is 0. The van der Waals surface area contributed by atoms with Gasteiger partial charge in [0.2, 0.25) is 5.91 Å². The van der Waals surface area contributed by atoms with Gasteiger partial charge >= 0.3 is 0 Å². The summed E-state index contributed by atoms with van der Waals surface area (Å²) < 4.78 is 0. The SMILES string of the molecule is O=C(CC1CCCC1)N1CCCN(CCc2ccncc2)CC1. The topological polar surface area (TPSA) is 36.4 Å². The minimum atomic E-state index is 0.396. The number of pyridine rings is 1. The van der Waals surface area contributed by atoms with E-state index in [2.05, 4.69) is 26.9 Å². The van der Waals surface area contributed by atoms with Gasteiger partial charge < -0.3 is 9.80 Å². The van der Waals surface area contributed by atoms with Crippen LogP contribution in [-0.4, -0.2) is 53.4 Å². The molecule has 1 saturated heterocycles. The fraction of sp³-hybridized carbons (Fsp3) is 0.684. The van der Waals surface area contributed by atoms with Crippen LogP contribution < -0.4 is 0 Å². The van der Waals surface area contributed by atoms with Crippen molar-refractivity contribution in [2.45, 2.75) is 44.9 Å². The Morgan fingerprint density at radius 1 is 1.04 bits per heavy atom. The van der Waals surface area contributed by atoms with E-state index in [1.54, 1.807) is 0 Å². The minimum absolute atomic E-state index is 0.396. The van der Waals surface area contributed by atoms with Crippen molar-refractivity contribution < 1.29 is 4.79 Å². The van der Waals surface area contributed by atoms with Crippen LogP contribution >= 0.6 is 0 Å². The lowest BCUT2D eigenvalue weighted by Crippen LogP contribution is -2.36. The highest BCUT2D eigenvalue weighted by Crippen LogP contribution is 2.28. The van der Waals surface area contributed by atoms with Gasteiger partial charge in [-0.15, -0.1) is 0 Å². The Balaban J connectivity index is 1.42. The molecule has 2 heterocycles. The molecular weight excluding hydrogens is 286 g/mol. The van der Waals surface area contributed by atoms with Crippen LogP contribution in [0.15, 0.2) is 24.5 Å². The second kappa shape index (κ2) is 8.44. The first-order valence-electron chi connectivity index (χ1n) is 9.20. The van der Waals surface area contributed by atoms with Crippen molar-refractivity contribution in [2.24, 2.45) is 5.92 Å². The van der Waals surface area contributed by atoms with E-state index in [4.69, 9.17) is 0 Å². The van der Waals surface area contributed by atoms with Gasteiger partial charge in [0.1, 0.15) is 0 Å². The van der Waals surface area contributed by atoms with Crippen LogP contribution in [0.2, 0.25) is 0 Å². The molecular formula is C19H29N3O. The molecule has 0 spiro atoms. The van der Waals surface area contributed by atoms with E-state index in [1.807, 2.05) is 12.4 Å². The van der Waals surface area contributed by atoms with Gasteiger partial charge in [-0.25, -0.2) is 0 Å². The summed E-state index contributed by atoms with van der Waals surface area (Å²) in [7, 11) is 0. The van der Waals surface area contributed by atoms with Crippen LogP contribution in [0.3, 0.4) is 0 Å². The lowest BCUT2D eigenvalue weighted by molar-refractivity contribution is -0.132. The second-order valence-electron chi connectivity index (χ2n) is 7.04. The smallest absolute Gasteiger partial charge is 0.222 e. The quantitative estimate of drug-likeness (QED) is 0.838. The number of carbonyl (C=O) groups is 1. The van der Waals surface area contributed by atoms with Crippen LogP contribution in [0.5, 0.6) is 0 Å². The first kappa shape index (κ1) is 16.4. The number of hydrogen-bond acceptors (Lipinski definition) is 3. The molecule has 23 heavy (non-hydrogen) atoms. The van der Waals surface area contributed by atoms with Crippen molar-refractivity contribution in [1.29, 1.82) is 0 Å². The number of carbonyl (C=O) groups excluding carboxylic acids is 1. The van der Waals surface area contributed by atoms with Gasteiger partial charge in [0.05, 0.1) is 0 Å². The molecule has 0 radical (unpaired) electrons. The molecule has 0 atom stereocenters. The molecule has 4 heteroatoms. The summed E-state index contributed by atoms with van der Waals surface area (Å²) >= 11 is 0. The third-order valence-corrected chi connectivity index (χ3v) is 5.35. The maximum absolute atomic E-state index is 12.5. The molecule has 1 aromatic heterocycles. The summed E-state index contributed by atoms with van der Waals surface area (Å²) in [5.74, 6) is 1.06. The Kier molecular flexibility index (Phi) is 6.03. The maximum Gasteiger partial charge on any atom is 0.222 e. The van der Waals surface area contributed by atoms with Crippen molar-refractivity contribution in [2.75, 3.05) is 32.7 Å². The lowest BCUT2D eigenvalue weighted by atomic mass is 10.0. The van der Waals surface area contributed by atoms with E-state index in [0.717, 1.165) is 52.0 Å². The highest BCUT2D eigenvalue weighted by Gasteiger charge is 2.23. The molecule has 1 amide bonds. The highest BCUT2D eigenvalue weighted by atomic mass is 16.2. The largest absolute Gasteiger partial charge is 0.341 e. The van der Waals surface area contributed by atoms with E-state index >= 15 is 0 Å². The molecule has 2 aliphatic rings. The average Bonchev–Trinajstić information content (AvgIpc) is 2.96. The fourth-order valence-electron chi connectivity index (χ4n) is 3.87. The van der Waals surface area contributed by atoms with Crippen molar-refractivity contribution in [3.05, 3.63) is 30.1 Å². The van der Waals surface area contributed by atoms with Crippen molar-refractivity contribution in [3.8, 4) is 0 Å². The Morgan fingerprint density at radius 3 is 2.61 bits per heavy atom. The molecule has 0 unspecified atom stereocenters. The fourth-order valence-corrected chi connectivity index (χ4v) is 3.87. The van der Waals surface area contributed by atoms with E-state index in [9.17, 15) is 4.79 Å². The van der Waals surface area contributed by atoms with Crippen LogP contribution in [0, 0.1) is 5.92 Å². The molecule has 1 aromatic rings. The number of rotatable bonds is 5. The molecule has 3 rings (SSSR count).